The Bertz CT molecular complexity index is 1060. The first-order chi connectivity index (χ1) is 13.5. The number of hydrogen-bond donors (Lipinski definition) is 1. The number of halogens is 1. The smallest absolute Gasteiger partial charge is 0.263 e. The van der Waals surface area contributed by atoms with Crippen LogP contribution in [0, 0.1) is 0 Å². The number of ketones is 1. The molecule has 6 heteroatoms. The second-order valence-corrected chi connectivity index (χ2v) is 8.00. The Morgan fingerprint density at radius 3 is 2.79 bits per heavy atom. The number of carbonyl (C=O) groups is 2. The zero-order valence-corrected chi connectivity index (χ0v) is 16.8. The minimum atomic E-state index is -0.185. The maximum absolute atomic E-state index is 12.2. The van der Waals surface area contributed by atoms with Crippen molar-refractivity contribution < 1.29 is 14.3 Å². The Hall–Kier alpha value is -2.63. The van der Waals surface area contributed by atoms with E-state index < -0.39 is 0 Å². The standard InChI is InChI=1S/C22H18ClNO3S/c1-13(25)17-4-2-3-5-18(17)14-6-7-20-15(10-14)11-16(27-20)12-24-22(26)21-19(23)8-9-28-21/h2-10,16H,11-12H2,1H3,(H,24,26)/t16-/m1/s1. The van der Waals surface area contributed by atoms with Crippen molar-refractivity contribution in [3.63, 3.8) is 0 Å². The fourth-order valence-corrected chi connectivity index (χ4v) is 4.44. The van der Waals surface area contributed by atoms with Crippen LogP contribution in [0.15, 0.2) is 53.9 Å². The highest BCUT2D eigenvalue weighted by Crippen LogP contribution is 2.34. The topological polar surface area (TPSA) is 55.4 Å². The Morgan fingerprint density at radius 1 is 1.21 bits per heavy atom. The molecule has 1 aliphatic heterocycles. The molecule has 0 radical (unpaired) electrons. The van der Waals surface area contributed by atoms with Gasteiger partial charge in [0.25, 0.3) is 5.91 Å². The summed E-state index contributed by atoms with van der Waals surface area (Å²) in [6.07, 6.45) is 0.570. The molecule has 2 heterocycles. The van der Waals surface area contributed by atoms with E-state index in [0.29, 0.717) is 28.4 Å². The molecule has 142 valence electrons. The van der Waals surface area contributed by atoms with Gasteiger partial charge in [0.05, 0.1) is 11.6 Å². The van der Waals surface area contributed by atoms with Crippen molar-refractivity contribution >= 4 is 34.6 Å². The highest BCUT2D eigenvalue weighted by atomic mass is 35.5. The molecule has 0 saturated carbocycles. The summed E-state index contributed by atoms with van der Waals surface area (Å²) in [4.78, 5) is 24.7. The molecule has 0 unspecified atom stereocenters. The van der Waals surface area contributed by atoms with Crippen molar-refractivity contribution in [1.29, 1.82) is 0 Å². The van der Waals surface area contributed by atoms with Crippen LogP contribution >= 0.6 is 22.9 Å². The van der Waals surface area contributed by atoms with Crippen molar-refractivity contribution in [3.8, 4) is 16.9 Å². The van der Waals surface area contributed by atoms with E-state index in [4.69, 9.17) is 16.3 Å². The summed E-state index contributed by atoms with van der Waals surface area (Å²) in [6.45, 7) is 1.98. The molecule has 0 saturated heterocycles. The molecule has 0 bridgehead atoms. The number of ether oxygens (including phenoxy) is 1. The fraction of sp³-hybridized carbons (Fsp3) is 0.182. The van der Waals surface area contributed by atoms with E-state index in [-0.39, 0.29) is 17.8 Å². The normalized spacial score (nSPS) is 15.0. The van der Waals surface area contributed by atoms with Gasteiger partial charge in [-0.2, -0.15) is 0 Å². The van der Waals surface area contributed by atoms with Gasteiger partial charge in [-0.3, -0.25) is 9.59 Å². The third-order valence-corrected chi connectivity index (χ3v) is 6.07. The lowest BCUT2D eigenvalue weighted by atomic mass is 9.95. The van der Waals surface area contributed by atoms with E-state index in [1.54, 1.807) is 18.4 Å². The highest BCUT2D eigenvalue weighted by molar-refractivity contribution is 7.12. The molecule has 1 amide bonds. The van der Waals surface area contributed by atoms with Crippen molar-refractivity contribution in [3.05, 3.63) is 74.9 Å². The lowest BCUT2D eigenvalue weighted by molar-refractivity contribution is 0.0937. The zero-order chi connectivity index (χ0) is 19.7. The predicted octanol–water partition coefficient (Wildman–Crippen LogP) is 5.00. The first-order valence-corrected chi connectivity index (χ1v) is 10.2. The van der Waals surface area contributed by atoms with Crippen LogP contribution in [0.1, 0.15) is 32.5 Å². The number of fused-ring (bicyclic) bond motifs is 1. The number of Topliss-reactive ketones (excluding diaryl/α,β-unsaturated/α-hetero) is 1. The van der Waals surface area contributed by atoms with Gasteiger partial charge in [0.1, 0.15) is 16.7 Å². The van der Waals surface area contributed by atoms with Crippen LogP contribution in [0.5, 0.6) is 5.75 Å². The van der Waals surface area contributed by atoms with Gasteiger partial charge < -0.3 is 10.1 Å². The Labute approximate surface area is 172 Å². The van der Waals surface area contributed by atoms with Crippen LogP contribution in [0.25, 0.3) is 11.1 Å². The van der Waals surface area contributed by atoms with Crippen molar-refractivity contribution in [2.24, 2.45) is 0 Å². The number of thiophene rings is 1. The van der Waals surface area contributed by atoms with Gasteiger partial charge in [-0.15, -0.1) is 11.3 Å². The molecule has 1 N–H and O–H groups in total. The summed E-state index contributed by atoms with van der Waals surface area (Å²) in [5.41, 5.74) is 3.69. The molecular weight excluding hydrogens is 394 g/mol. The van der Waals surface area contributed by atoms with Crippen LogP contribution in [0.3, 0.4) is 0 Å². The van der Waals surface area contributed by atoms with Gasteiger partial charge >= 0.3 is 0 Å². The summed E-state index contributed by atoms with van der Waals surface area (Å²) < 4.78 is 5.96. The minimum Gasteiger partial charge on any atom is -0.488 e. The summed E-state index contributed by atoms with van der Waals surface area (Å²) in [6, 6.07) is 15.3. The third-order valence-electron chi connectivity index (χ3n) is 4.73. The van der Waals surface area contributed by atoms with E-state index in [0.717, 1.165) is 22.4 Å². The van der Waals surface area contributed by atoms with Gasteiger partial charge in [0.2, 0.25) is 0 Å². The van der Waals surface area contributed by atoms with Gasteiger partial charge in [-0.1, -0.05) is 41.9 Å². The van der Waals surface area contributed by atoms with Crippen LogP contribution in [-0.4, -0.2) is 24.3 Å². The monoisotopic (exact) mass is 411 g/mol. The number of amides is 1. The van der Waals surface area contributed by atoms with Gasteiger partial charge in [0, 0.05) is 12.0 Å². The average Bonchev–Trinajstić information content (AvgIpc) is 3.31. The summed E-state index contributed by atoms with van der Waals surface area (Å²) >= 11 is 7.33. The molecule has 0 aliphatic carbocycles. The molecule has 0 fully saturated rings. The molecule has 1 aliphatic rings. The van der Waals surface area contributed by atoms with Gasteiger partial charge in [-0.25, -0.2) is 0 Å². The Balaban J connectivity index is 1.47. The van der Waals surface area contributed by atoms with Crippen LogP contribution < -0.4 is 10.1 Å². The fourth-order valence-electron chi connectivity index (χ4n) is 3.39. The van der Waals surface area contributed by atoms with Crippen LogP contribution in [-0.2, 0) is 6.42 Å². The van der Waals surface area contributed by atoms with Gasteiger partial charge in [-0.05, 0) is 47.2 Å². The Kier molecular flexibility index (Phi) is 5.20. The van der Waals surface area contributed by atoms with Crippen LogP contribution in [0.4, 0.5) is 0 Å². The van der Waals surface area contributed by atoms with E-state index in [1.165, 1.54) is 11.3 Å². The number of rotatable bonds is 5. The molecule has 0 spiro atoms. The van der Waals surface area contributed by atoms with E-state index in [9.17, 15) is 9.59 Å². The summed E-state index contributed by atoms with van der Waals surface area (Å²) in [5, 5.41) is 5.15. The zero-order valence-electron chi connectivity index (χ0n) is 15.2. The molecular formula is C22H18ClNO3S. The van der Waals surface area contributed by atoms with Gasteiger partial charge in [0.15, 0.2) is 5.78 Å². The summed E-state index contributed by atoms with van der Waals surface area (Å²) in [7, 11) is 0. The number of carbonyl (C=O) groups excluding carboxylic acids is 2. The maximum atomic E-state index is 12.2. The van der Waals surface area contributed by atoms with Crippen molar-refractivity contribution in [2.45, 2.75) is 19.4 Å². The molecule has 2 aromatic carbocycles. The lowest BCUT2D eigenvalue weighted by Gasteiger charge is -2.11. The number of benzene rings is 2. The maximum Gasteiger partial charge on any atom is 0.263 e. The summed E-state index contributed by atoms with van der Waals surface area (Å²) in [5.74, 6) is 0.674. The first kappa shape index (κ1) is 18.7. The van der Waals surface area contributed by atoms with Crippen molar-refractivity contribution in [1.82, 2.24) is 5.32 Å². The van der Waals surface area contributed by atoms with Crippen molar-refractivity contribution in [2.75, 3.05) is 6.54 Å². The lowest BCUT2D eigenvalue weighted by Crippen LogP contribution is -2.34. The molecule has 4 rings (SSSR count). The Morgan fingerprint density at radius 2 is 2.04 bits per heavy atom. The van der Waals surface area contributed by atoms with E-state index in [2.05, 4.69) is 11.4 Å². The quantitative estimate of drug-likeness (QED) is 0.601. The molecule has 1 aromatic heterocycles. The molecule has 4 nitrogen and oxygen atoms in total. The predicted molar refractivity (Wildman–Crippen MR) is 112 cm³/mol. The minimum absolute atomic E-state index is 0.0418. The number of hydrogen-bond acceptors (Lipinski definition) is 4. The number of nitrogens with one attached hydrogen (secondary N) is 1. The van der Waals surface area contributed by atoms with E-state index in [1.807, 2.05) is 36.4 Å². The largest absolute Gasteiger partial charge is 0.488 e. The molecule has 28 heavy (non-hydrogen) atoms. The van der Waals surface area contributed by atoms with E-state index >= 15 is 0 Å². The second-order valence-electron chi connectivity index (χ2n) is 6.68. The third kappa shape index (κ3) is 3.68. The SMILES string of the molecule is CC(=O)c1ccccc1-c1ccc2c(c1)C[C@H](CNC(=O)c1sccc1Cl)O2. The first-order valence-electron chi connectivity index (χ1n) is 8.94. The second kappa shape index (κ2) is 7.78. The molecule has 3 aromatic rings. The molecule has 1 atom stereocenters. The highest BCUT2D eigenvalue weighted by Gasteiger charge is 2.25. The van der Waals surface area contributed by atoms with Crippen LogP contribution in [0.2, 0.25) is 5.02 Å². The average molecular weight is 412 g/mol.